The van der Waals surface area contributed by atoms with E-state index in [1.807, 2.05) is 55.5 Å². The van der Waals surface area contributed by atoms with E-state index in [-0.39, 0.29) is 12.1 Å². The third-order valence-corrected chi connectivity index (χ3v) is 6.78. The van der Waals surface area contributed by atoms with Crippen LogP contribution >= 0.6 is 12.2 Å². The van der Waals surface area contributed by atoms with Gasteiger partial charge in [-0.25, -0.2) is 0 Å². The first-order valence-corrected chi connectivity index (χ1v) is 12.0. The second kappa shape index (κ2) is 10.1. The van der Waals surface area contributed by atoms with Crippen molar-refractivity contribution in [1.82, 2.24) is 20.4 Å². The van der Waals surface area contributed by atoms with Crippen molar-refractivity contribution in [2.45, 2.75) is 31.9 Å². The largest absolute Gasteiger partial charge is 0.497 e. The van der Waals surface area contributed by atoms with Gasteiger partial charge < -0.3 is 29.0 Å². The zero-order valence-electron chi connectivity index (χ0n) is 20.0. The first kappa shape index (κ1) is 23.3. The van der Waals surface area contributed by atoms with Gasteiger partial charge in [0.15, 0.2) is 5.11 Å². The van der Waals surface area contributed by atoms with Gasteiger partial charge in [0, 0.05) is 17.9 Å². The summed E-state index contributed by atoms with van der Waals surface area (Å²) in [7, 11) is 3.29. The van der Waals surface area contributed by atoms with Crippen molar-refractivity contribution in [2.75, 3.05) is 27.4 Å². The Morgan fingerprint density at radius 2 is 1.91 bits per heavy atom. The lowest BCUT2D eigenvalue weighted by atomic mass is 9.94. The zero-order valence-corrected chi connectivity index (χ0v) is 20.8. The van der Waals surface area contributed by atoms with Gasteiger partial charge in [0.1, 0.15) is 11.5 Å². The summed E-state index contributed by atoms with van der Waals surface area (Å²) >= 11 is 5.80. The molecule has 1 N–H and O–H groups in total. The highest BCUT2D eigenvalue weighted by Crippen LogP contribution is 2.38. The van der Waals surface area contributed by atoms with Gasteiger partial charge in [0.25, 0.3) is 5.89 Å². The SMILES string of the molecule is COc1ccc(-c2noc(C3=C(C)N(CC4CCCO4)C(=S)NC3c3cccc(OC)c3)n2)cc1. The Morgan fingerprint density at radius 3 is 2.63 bits per heavy atom. The predicted octanol–water partition coefficient (Wildman–Crippen LogP) is 4.60. The average Bonchev–Trinajstić information content (AvgIpc) is 3.59. The molecule has 3 aromatic rings. The fourth-order valence-electron chi connectivity index (χ4n) is 4.53. The van der Waals surface area contributed by atoms with Crippen LogP contribution in [0.4, 0.5) is 0 Å². The second-order valence-electron chi connectivity index (χ2n) is 8.56. The smallest absolute Gasteiger partial charge is 0.258 e. The third kappa shape index (κ3) is 4.74. The number of nitrogens with zero attached hydrogens (tertiary/aromatic N) is 3. The molecule has 2 aromatic carbocycles. The molecule has 9 heteroatoms. The molecule has 3 heterocycles. The zero-order chi connectivity index (χ0) is 24.4. The van der Waals surface area contributed by atoms with Crippen LogP contribution in [0.5, 0.6) is 11.5 Å². The second-order valence-corrected chi connectivity index (χ2v) is 8.94. The highest BCUT2D eigenvalue weighted by Gasteiger charge is 2.35. The number of methoxy groups -OCH3 is 2. The molecule has 1 saturated heterocycles. The summed E-state index contributed by atoms with van der Waals surface area (Å²) in [5, 5.41) is 8.41. The lowest BCUT2D eigenvalue weighted by Crippen LogP contribution is -2.48. The standard InChI is InChI=1S/C26H28N4O4S/c1-16-22(25-28-24(29-34-25)17-9-11-19(31-2)12-10-17)23(18-6-4-7-20(14-18)32-3)27-26(35)30(16)15-21-8-5-13-33-21/h4,6-7,9-12,14,21,23H,5,8,13,15H2,1-3H3,(H,27,35). The molecule has 35 heavy (non-hydrogen) atoms. The molecule has 0 aliphatic carbocycles. The maximum Gasteiger partial charge on any atom is 0.258 e. The molecule has 5 rings (SSSR count). The Kier molecular flexibility index (Phi) is 6.70. The number of thiocarbonyl (C=S) groups is 1. The molecular weight excluding hydrogens is 464 g/mol. The first-order chi connectivity index (χ1) is 17.1. The predicted molar refractivity (Wildman–Crippen MR) is 136 cm³/mol. The Balaban J connectivity index is 1.56. The van der Waals surface area contributed by atoms with E-state index >= 15 is 0 Å². The fraction of sp³-hybridized carbons (Fsp3) is 0.346. The van der Waals surface area contributed by atoms with Gasteiger partial charge in [0.2, 0.25) is 5.82 Å². The Morgan fingerprint density at radius 1 is 1.11 bits per heavy atom. The summed E-state index contributed by atoms with van der Waals surface area (Å²) in [4.78, 5) is 6.85. The Bertz CT molecular complexity index is 1230. The summed E-state index contributed by atoms with van der Waals surface area (Å²) in [6.07, 6.45) is 2.22. The van der Waals surface area contributed by atoms with Crippen LogP contribution in [0.1, 0.15) is 37.3 Å². The number of nitrogens with one attached hydrogen (secondary N) is 1. The molecule has 0 saturated carbocycles. The molecule has 2 atom stereocenters. The number of allylic oxidation sites excluding steroid dienone is 1. The van der Waals surface area contributed by atoms with Crippen molar-refractivity contribution in [3.8, 4) is 22.9 Å². The van der Waals surface area contributed by atoms with E-state index in [4.69, 9.17) is 35.9 Å². The first-order valence-electron chi connectivity index (χ1n) is 11.6. The molecule has 182 valence electrons. The number of ether oxygens (including phenoxy) is 3. The molecule has 2 aliphatic heterocycles. The number of aromatic nitrogens is 2. The molecule has 0 radical (unpaired) electrons. The maximum atomic E-state index is 5.89. The minimum atomic E-state index is -0.275. The maximum absolute atomic E-state index is 5.89. The van der Waals surface area contributed by atoms with Gasteiger partial charge in [-0.3, -0.25) is 0 Å². The van der Waals surface area contributed by atoms with Crippen molar-refractivity contribution in [2.24, 2.45) is 0 Å². The Labute approximate surface area is 209 Å². The number of hydrogen-bond acceptors (Lipinski definition) is 7. The summed E-state index contributed by atoms with van der Waals surface area (Å²) in [5.41, 5.74) is 3.66. The normalized spacial score (nSPS) is 20.2. The topological polar surface area (TPSA) is 81.9 Å². The number of benzene rings is 2. The Hall–Kier alpha value is -3.43. The van der Waals surface area contributed by atoms with Crippen LogP contribution in [0.15, 0.2) is 58.8 Å². The van der Waals surface area contributed by atoms with Crippen molar-refractivity contribution in [3.63, 3.8) is 0 Å². The summed E-state index contributed by atoms with van der Waals surface area (Å²) in [6.45, 7) is 3.50. The fourth-order valence-corrected chi connectivity index (χ4v) is 4.86. The average molecular weight is 493 g/mol. The van der Waals surface area contributed by atoms with Gasteiger partial charge in [-0.1, -0.05) is 17.3 Å². The minimum absolute atomic E-state index is 0.136. The molecule has 1 fully saturated rings. The highest BCUT2D eigenvalue weighted by molar-refractivity contribution is 7.80. The summed E-state index contributed by atoms with van der Waals surface area (Å²) in [5.74, 6) is 2.47. The lowest BCUT2D eigenvalue weighted by molar-refractivity contribution is 0.0962. The van der Waals surface area contributed by atoms with E-state index in [1.165, 1.54) is 0 Å². The molecule has 8 nitrogen and oxygen atoms in total. The van der Waals surface area contributed by atoms with Gasteiger partial charge in [-0.05, 0) is 73.9 Å². The van der Waals surface area contributed by atoms with Crippen LogP contribution in [0.2, 0.25) is 0 Å². The molecule has 2 aliphatic rings. The molecule has 2 unspecified atom stereocenters. The van der Waals surface area contributed by atoms with Crippen LogP contribution in [-0.2, 0) is 4.74 Å². The third-order valence-electron chi connectivity index (χ3n) is 6.44. The molecule has 0 amide bonds. The van der Waals surface area contributed by atoms with E-state index in [0.29, 0.717) is 23.4 Å². The van der Waals surface area contributed by atoms with Crippen LogP contribution in [-0.4, -0.2) is 53.6 Å². The summed E-state index contributed by atoms with van der Waals surface area (Å²) < 4.78 is 22.4. The lowest BCUT2D eigenvalue weighted by Gasteiger charge is -2.38. The van der Waals surface area contributed by atoms with E-state index in [2.05, 4.69) is 15.4 Å². The van der Waals surface area contributed by atoms with E-state index in [1.54, 1.807) is 14.2 Å². The van der Waals surface area contributed by atoms with Gasteiger partial charge in [-0.15, -0.1) is 0 Å². The minimum Gasteiger partial charge on any atom is -0.497 e. The van der Waals surface area contributed by atoms with E-state index in [0.717, 1.165) is 53.3 Å². The van der Waals surface area contributed by atoms with Gasteiger partial charge in [-0.2, -0.15) is 4.98 Å². The number of rotatable bonds is 7. The van der Waals surface area contributed by atoms with Gasteiger partial charge in [0.05, 0.1) is 38.5 Å². The van der Waals surface area contributed by atoms with E-state index in [9.17, 15) is 0 Å². The molecular formula is C26H28N4O4S. The monoisotopic (exact) mass is 492 g/mol. The molecule has 0 bridgehead atoms. The summed E-state index contributed by atoms with van der Waals surface area (Å²) in [6, 6.07) is 15.2. The van der Waals surface area contributed by atoms with Crippen molar-refractivity contribution >= 4 is 22.9 Å². The molecule has 1 aromatic heterocycles. The van der Waals surface area contributed by atoms with Crippen LogP contribution in [0.25, 0.3) is 17.0 Å². The van der Waals surface area contributed by atoms with Crippen LogP contribution in [0.3, 0.4) is 0 Å². The van der Waals surface area contributed by atoms with Crippen LogP contribution in [0, 0.1) is 0 Å². The molecule has 0 spiro atoms. The number of hydrogen-bond donors (Lipinski definition) is 1. The van der Waals surface area contributed by atoms with Crippen molar-refractivity contribution in [3.05, 3.63) is 65.7 Å². The van der Waals surface area contributed by atoms with Crippen molar-refractivity contribution < 1.29 is 18.7 Å². The van der Waals surface area contributed by atoms with Gasteiger partial charge >= 0.3 is 0 Å². The van der Waals surface area contributed by atoms with Crippen molar-refractivity contribution in [1.29, 1.82) is 0 Å². The highest BCUT2D eigenvalue weighted by atomic mass is 32.1. The van der Waals surface area contributed by atoms with Crippen LogP contribution < -0.4 is 14.8 Å². The van der Waals surface area contributed by atoms with E-state index < -0.39 is 0 Å². The quantitative estimate of drug-likeness (QED) is 0.476.